The molecule has 0 bridgehead atoms. The minimum absolute atomic E-state index is 0.0807. The van der Waals surface area contributed by atoms with Crippen molar-refractivity contribution in [1.29, 1.82) is 0 Å². The van der Waals surface area contributed by atoms with Crippen LogP contribution < -0.4 is 0 Å². The largest absolute Gasteiger partial charge is 0.282 e. The molecule has 0 spiro atoms. The van der Waals surface area contributed by atoms with E-state index in [1.807, 2.05) is 0 Å². The van der Waals surface area contributed by atoms with E-state index >= 15 is 0 Å². The third-order valence-corrected chi connectivity index (χ3v) is 8.70. The lowest BCUT2D eigenvalue weighted by Gasteiger charge is -2.06. The third kappa shape index (κ3) is 10.2. The van der Waals surface area contributed by atoms with Gasteiger partial charge in [0.25, 0.3) is 0 Å². The van der Waals surface area contributed by atoms with Gasteiger partial charge in [-0.15, -0.1) is 23.5 Å². The monoisotopic (exact) mass is 488 g/mol. The summed E-state index contributed by atoms with van der Waals surface area (Å²) in [4.78, 5) is 25.5. The summed E-state index contributed by atoms with van der Waals surface area (Å²) in [6.07, 6.45) is 0.905. The van der Waals surface area contributed by atoms with Crippen LogP contribution in [0.5, 0.6) is 0 Å². The molecule has 2 nitrogen and oxygen atoms in total. The van der Waals surface area contributed by atoms with Crippen molar-refractivity contribution in [3.05, 3.63) is 84.0 Å². The van der Waals surface area contributed by atoms with Crippen LogP contribution in [0.4, 0.5) is 0 Å². The van der Waals surface area contributed by atoms with E-state index in [0.717, 1.165) is 29.4 Å². The molecule has 0 unspecified atom stereocenters. The molecule has 164 valence electrons. The summed E-state index contributed by atoms with van der Waals surface area (Å²) in [6.45, 7) is 10.9. The molecule has 0 N–H and O–H groups in total. The van der Waals surface area contributed by atoms with Gasteiger partial charge in [-0.05, 0) is 66.8 Å². The lowest BCUT2D eigenvalue weighted by molar-refractivity contribution is -0.108. The number of hydrogen-bond acceptors (Lipinski definition) is 6. The smallest absolute Gasteiger partial charge is 0.214 e. The van der Waals surface area contributed by atoms with E-state index in [-0.39, 0.29) is 10.2 Å². The van der Waals surface area contributed by atoms with Gasteiger partial charge in [-0.25, -0.2) is 0 Å². The Morgan fingerprint density at radius 2 is 1.00 bits per heavy atom. The highest BCUT2D eigenvalue weighted by molar-refractivity contribution is 8.15. The predicted octanol–water partition coefficient (Wildman–Crippen LogP) is 7.13. The highest BCUT2D eigenvalue weighted by Crippen LogP contribution is 2.24. The Balaban J connectivity index is 1.72. The average molecular weight is 489 g/mol. The van der Waals surface area contributed by atoms with Gasteiger partial charge in [0.2, 0.25) is 10.2 Å². The molecular formula is C25H28O2S4. The Hall–Kier alpha value is -1.34. The second kappa shape index (κ2) is 13.9. The van der Waals surface area contributed by atoms with Crippen LogP contribution in [-0.2, 0) is 16.0 Å². The van der Waals surface area contributed by atoms with Crippen molar-refractivity contribution in [2.45, 2.75) is 30.1 Å². The average Bonchev–Trinajstić information content (AvgIpc) is 2.76. The Bertz CT molecular complexity index is 827. The quantitative estimate of drug-likeness (QED) is 0.179. The van der Waals surface area contributed by atoms with Crippen LogP contribution >= 0.6 is 47.0 Å². The molecule has 6 heteroatoms. The van der Waals surface area contributed by atoms with Gasteiger partial charge in [0, 0.05) is 32.8 Å². The molecule has 0 aliphatic carbocycles. The zero-order valence-corrected chi connectivity index (χ0v) is 21.3. The first kappa shape index (κ1) is 25.9. The SMILES string of the molecule is C=C(C)C(=O)SCCSc1ccc(Cc2ccc(SCCSC(=O)C(=C)C)cc2)cc1. The summed E-state index contributed by atoms with van der Waals surface area (Å²) in [7, 11) is 0. The van der Waals surface area contributed by atoms with E-state index in [0.29, 0.717) is 11.1 Å². The molecule has 0 aromatic heterocycles. The second-order valence-electron chi connectivity index (χ2n) is 6.99. The molecule has 2 aromatic carbocycles. The maximum Gasteiger partial charge on any atom is 0.214 e. The highest BCUT2D eigenvalue weighted by Gasteiger charge is 2.05. The van der Waals surface area contributed by atoms with Crippen LogP contribution in [-0.4, -0.2) is 33.2 Å². The van der Waals surface area contributed by atoms with Gasteiger partial charge in [-0.1, -0.05) is 60.9 Å². The Morgan fingerprint density at radius 1 is 0.645 bits per heavy atom. The van der Waals surface area contributed by atoms with Crippen LogP contribution in [0.15, 0.2) is 82.6 Å². The molecule has 31 heavy (non-hydrogen) atoms. The third-order valence-electron chi connectivity index (χ3n) is 4.12. The minimum atomic E-state index is 0.0807. The summed E-state index contributed by atoms with van der Waals surface area (Å²) in [5.41, 5.74) is 3.79. The lowest BCUT2D eigenvalue weighted by Crippen LogP contribution is -1.95. The van der Waals surface area contributed by atoms with Crippen LogP contribution in [0.3, 0.4) is 0 Å². The van der Waals surface area contributed by atoms with E-state index in [2.05, 4.69) is 61.7 Å². The number of thioether (sulfide) groups is 4. The van der Waals surface area contributed by atoms with Gasteiger partial charge in [-0.2, -0.15) is 0 Å². The number of carbonyl (C=O) groups is 2. The molecule has 0 aliphatic heterocycles. The second-order valence-corrected chi connectivity index (χ2v) is 11.5. The van der Waals surface area contributed by atoms with Crippen molar-refractivity contribution < 1.29 is 9.59 Å². The van der Waals surface area contributed by atoms with Crippen molar-refractivity contribution in [3.8, 4) is 0 Å². The zero-order valence-electron chi connectivity index (χ0n) is 18.0. The Morgan fingerprint density at radius 3 is 1.32 bits per heavy atom. The molecule has 0 aliphatic rings. The zero-order chi connectivity index (χ0) is 22.6. The van der Waals surface area contributed by atoms with E-state index in [9.17, 15) is 9.59 Å². The van der Waals surface area contributed by atoms with Crippen molar-refractivity contribution in [3.63, 3.8) is 0 Å². The molecule has 2 aromatic rings. The number of hydrogen-bond donors (Lipinski definition) is 0. The van der Waals surface area contributed by atoms with E-state index in [4.69, 9.17) is 0 Å². The lowest BCUT2D eigenvalue weighted by atomic mass is 10.1. The summed E-state index contributed by atoms with van der Waals surface area (Å²) in [5.74, 6) is 3.40. The first-order chi connectivity index (χ1) is 14.8. The van der Waals surface area contributed by atoms with Crippen LogP contribution in [0.1, 0.15) is 25.0 Å². The van der Waals surface area contributed by atoms with Crippen molar-refractivity contribution >= 4 is 57.3 Å². The summed E-state index contributed by atoms with van der Waals surface area (Å²) < 4.78 is 0. The van der Waals surface area contributed by atoms with Gasteiger partial charge in [0.1, 0.15) is 0 Å². The van der Waals surface area contributed by atoms with Crippen LogP contribution in [0.2, 0.25) is 0 Å². The molecule has 0 fully saturated rings. The maximum absolute atomic E-state index is 11.5. The minimum Gasteiger partial charge on any atom is -0.282 e. The predicted molar refractivity (Wildman–Crippen MR) is 142 cm³/mol. The van der Waals surface area contributed by atoms with Gasteiger partial charge in [0.05, 0.1) is 0 Å². The summed E-state index contributed by atoms with van der Waals surface area (Å²) in [5, 5.41) is 0.161. The van der Waals surface area contributed by atoms with Crippen molar-refractivity contribution in [1.82, 2.24) is 0 Å². The molecular weight excluding hydrogens is 461 g/mol. The Labute approximate surface area is 203 Å². The van der Waals surface area contributed by atoms with Crippen molar-refractivity contribution in [2.24, 2.45) is 0 Å². The fourth-order valence-electron chi connectivity index (χ4n) is 2.48. The molecule has 0 saturated heterocycles. The highest BCUT2D eigenvalue weighted by atomic mass is 32.2. The molecule has 2 rings (SSSR count). The van der Waals surface area contributed by atoms with Crippen molar-refractivity contribution in [2.75, 3.05) is 23.0 Å². The fourth-order valence-corrected chi connectivity index (χ4v) is 5.80. The van der Waals surface area contributed by atoms with E-state index in [1.165, 1.54) is 44.4 Å². The Kier molecular flexibility index (Phi) is 11.7. The fraction of sp³-hybridized carbons (Fsp3) is 0.280. The number of rotatable bonds is 12. The molecule has 0 radical (unpaired) electrons. The van der Waals surface area contributed by atoms with Gasteiger partial charge in [0.15, 0.2) is 0 Å². The van der Waals surface area contributed by atoms with Crippen LogP contribution in [0, 0.1) is 0 Å². The molecule has 0 heterocycles. The maximum atomic E-state index is 11.5. The number of benzene rings is 2. The summed E-state index contributed by atoms with van der Waals surface area (Å²) >= 11 is 6.22. The van der Waals surface area contributed by atoms with Gasteiger partial charge in [-0.3, -0.25) is 9.59 Å². The van der Waals surface area contributed by atoms with Gasteiger partial charge >= 0.3 is 0 Å². The molecule has 0 saturated carbocycles. The summed E-state index contributed by atoms with van der Waals surface area (Å²) in [6, 6.07) is 17.3. The molecule has 0 atom stereocenters. The first-order valence-corrected chi connectivity index (χ1v) is 13.9. The topological polar surface area (TPSA) is 34.1 Å². The van der Waals surface area contributed by atoms with Gasteiger partial charge < -0.3 is 0 Å². The number of carbonyl (C=O) groups excluding carboxylic acids is 2. The van der Waals surface area contributed by atoms with E-state index < -0.39 is 0 Å². The van der Waals surface area contributed by atoms with Crippen LogP contribution in [0.25, 0.3) is 0 Å². The molecule has 0 amide bonds. The van der Waals surface area contributed by atoms with E-state index in [1.54, 1.807) is 37.4 Å². The first-order valence-electron chi connectivity index (χ1n) is 9.94. The standard InChI is InChI=1S/C25H28O2S4/c1-18(2)24(26)30-15-13-28-22-9-5-20(6-10-22)17-21-7-11-23(12-8-21)29-14-16-31-25(27)19(3)4/h5-12H,1,3,13-17H2,2,4H3. The normalized spacial score (nSPS) is 10.6.